The first kappa shape index (κ1) is 16.9. The topological polar surface area (TPSA) is 27.6 Å². The van der Waals surface area contributed by atoms with Gasteiger partial charge in [-0.25, -0.2) is 18.2 Å². The van der Waals surface area contributed by atoms with Crippen LogP contribution in [-0.4, -0.2) is 24.8 Å². The number of halogens is 3. The first-order valence-corrected chi connectivity index (χ1v) is 7.17. The molecule has 0 amide bonds. The zero-order chi connectivity index (χ0) is 17.0. The first-order chi connectivity index (χ1) is 10.9. The van der Waals surface area contributed by atoms with Crippen molar-refractivity contribution >= 4 is 23.4 Å². The minimum Gasteiger partial charge on any atom is -0.366 e. The maximum Gasteiger partial charge on any atom is 0.160 e. The summed E-state index contributed by atoms with van der Waals surface area (Å²) in [5.74, 6) is -2.46. The summed E-state index contributed by atoms with van der Waals surface area (Å²) in [6.45, 7) is 4.57. The van der Waals surface area contributed by atoms with Crippen molar-refractivity contribution in [3.05, 3.63) is 53.3 Å². The summed E-state index contributed by atoms with van der Waals surface area (Å²) in [6.07, 6.45) is 1.63. The molecule has 0 aliphatic heterocycles. The summed E-state index contributed by atoms with van der Waals surface area (Å²) in [7, 11) is 1.87. The summed E-state index contributed by atoms with van der Waals surface area (Å²) in [5.41, 5.74) is 1.72. The molecule has 0 unspecified atom stereocenters. The summed E-state index contributed by atoms with van der Waals surface area (Å²) in [6, 6.07) is 6.19. The van der Waals surface area contributed by atoms with Crippen LogP contribution in [-0.2, 0) is 0 Å². The van der Waals surface area contributed by atoms with Gasteiger partial charge in [-0.3, -0.25) is 0 Å². The molecule has 3 nitrogen and oxygen atoms in total. The maximum absolute atomic E-state index is 14.2. The van der Waals surface area contributed by atoms with Gasteiger partial charge in [0.2, 0.25) is 0 Å². The quantitative estimate of drug-likeness (QED) is 0.635. The van der Waals surface area contributed by atoms with Crippen molar-refractivity contribution in [3.63, 3.8) is 0 Å². The SMILES string of the molecule is CCN(C)/C=N\c1cc(F)c(Nc2ccc(F)c(F)c2)cc1C. The lowest BCUT2D eigenvalue weighted by Gasteiger charge is -2.12. The van der Waals surface area contributed by atoms with Gasteiger partial charge in [-0.1, -0.05) is 0 Å². The highest BCUT2D eigenvalue weighted by Gasteiger charge is 2.09. The van der Waals surface area contributed by atoms with E-state index in [-0.39, 0.29) is 11.4 Å². The minimum atomic E-state index is -0.990. The van der Waals surface area contributed by atoms with Crippen LogP contribution in [0.3, 0.4) is 0 Å². The third-order valence-electron chi connectivity index (χ3n) is 3.38. The second-order valence-corrected chi connectivity index (χ2v) is 5.19. The average Bonchev–Trinajstić information content (AvgIpc) is 2.52. The molecule has 0 aliphatic carbocycles. The largest absolute Gasteiger partial charge is 0.366 e. The molecule has 0 radical (unpaired) electrons. The van der Waals surface area contributed by atoms with Crippen molar-refractivity contribution in [2.24, 2.45) is 4.99 Å². The lowest BCUT2D eigenvalue weighted by atomic mass is 10.1. The molecular weight excluding hydrogens is 303 g/mol. The number of aryl methyl sites for hydroxylation is 1. The van der Waals surface area contributed by atoms with Gasteiger partial charge < -0.3 is 10.2 Å². The molecule has 122 valence electrons. The smallest absolute Gasteiger partial charge is 0.160 e. The molecule has 2 aromatic rings. The highest BCUT2D eigenvalue weighted by atomic mass is 19.2. The Morgan fingerprint density at radius 1 is 1.09 bits per heavy atom. The summed E-state index contributed by atoms with van der Waals surface area (Å²) in [4.78, 5) is 6.10. The van der Waals surface area contributed by atoms with Gasteiger partial charge >= 0.3 is 0 Å². The zero-order valence-corrected chi connectivity index (χ0v) is 13.2. The first-order valence-electron chi connectivity index (χ1n) is 7.17. The Kier molecular flexibility index (Phi) is 5.26. The van der Waals surface area contributed by atoms with E-state index >= 15 is 0 Å². The fourth-order valence-corrected chi connectivity index (χ4v) is 1.88. The van der Waals surface area contributed by atoms with Crippen LogP contribution in [0, 0.1) is 24.4 Å². The van der Waals surface area contributed by atoms with E-state index in [0.29, 0.717) is 5.69 Å². The molecule has 6 heteroatoms. The lowest BCUT2D eigenvalue weighted by molar-refractivity contribution is 0.509. The molecular formula is C17H18F3N3. The van der Waals surface area contributed by atoms with Gasteiger partial charge in [-0.15, -0.1) is 0 Å². The Hall–Kier alpha value is -2.50. The highest BCUT2D eigenvalue weighted by Crippen LogP contribution is 2.28. The van der Waals surface area contributed by atoms with Gasteiger partial charge in [0, 0.05) is 31.4 Å². The van der Waals surface area contributed by atoms with Crippen LogP contribution in [0.1, 0.15) is 12.5 Å². The number of benzene rings is 2. The zero-order valence-electron chi connectivity index (χ0n) is 13.2. The summed E-state index contributed by atoms with van der Waals surface area (Å²) >= 11 is 0. The Bertz CT molecular complexity index is 729. The van der Waals surface area contributed by atoms with Crippen LogP contribution < -0.4 is 5.32 Å². The molecule has 2 rings (SSSR count). The molecule has 0 atom stereocenters. The van der Waals surface area contributed by atoms with Gasteiger partial charge in [0.15, 0.2) is 11.6 Å². The molecule has 1 N–H and O–H groups in total. The Balaban J connectivity index is 2.25. The van der Waals surface area contributed by atoms with Gasteiger partial charge in [0.25, 0.3) is 0 Å². The van der Waals surface area contributed by atoms with Crippen LogP contribution in [0.5, 0.6) is 0 Å². The number of anilines is 2. The van der Waals surface area contributed by atoms with Gasteiger partial charge in [0.1, 0.15) is 5.82 Å². The fraction of sp³-hybridized carbons (Fsp3) is 0.235. The van der Waals surface area contributed by atoms with E-state index in [9.17, 15) is 13.2 Å². The van der Waals surface area contributed by atoms with Gasteiger partial charge in [-0.2, -0.15) is 0 Å². The van der Waals surface area contributed by atoms with Crippen LogP contribution in [0.15, 0.2) is 35.3 Å². The second kappa shape index (κ2) is 7.17. The predicted octanol–water partition coefficient (Wildman–Crippen LogP) is 4.77. The summed E-state index contributed by atoms with van der Waals surface area (Å²) < 4.78 is 40.3. The van der Waals surface area contributed by atoms with E-state index in [1.54, 1.807) is 19.3 Å². The fourth-order valence-electron chi connectivity index (χ4n) is 1.88. The summed E-state index contributed by atoms with van der Waals surface area (Å²) in [5, 5.41) is 2.74. The highest BCUT2D eigenvalue weighted by molar-refractivity contribution is 5.68. The van der Waals surface area contributed by atoms with E-state index < -0.39 is 17.5 Å². The van der Waals surface area contributed by atoms with Crippen molar-refractivity contribution in [3.8, 4) is 0 Å². The van der Waals surface area contributed by atoms with Crippen LogP contribution in [0.4, 0.5) is 30.2 Å². The van der Waals surface area contributed by atoms with Crippen LogP contribution in [0.2, 0.25) is 0 Å². The molecule has 0 saturated heterocycles. The molecule has 2 aromatic carbocycles. The van der Waals surface area contributed by atoms with E-state index in [2.05, 4.69) is 10.3 Å². The number of aliphatic imine (C=N–C) groups is 1. The third kappa shape index (κ3) is 4.25. The maximum atomic E-state index is 14.2. The number of nitrogens with zero attached hydrogens (tertiary/aromatic N) is 2. The Labute approximate surface area is 133 Å². The standard InChI is InChI=1S/C17H18F3N3/c1-4-23(3)10-21-16-9-15(20)17(7-11(16)2)22-12-5-6-13(18)14(19)8-12/h5-10,22H,4H2,1-3H3/b21-10-. The van der Waals surface area contributed by atoms with Crippen molar-refractivity contribution in [2.45, 2.75) is 13.8 Å². The lowest BCUT2D eigenvalue weighted by Crippen LogP contribution is -2.14. The van der Waals surface area contributed by atoms with Gasteiger partial charge in [0.05, 0.1) is 17.7 Å². The average molecular weight is 321 g/mol. The minimum absolute atomic E-state index is 0.177. The van der Waals surface area contributed by atoms with Crippen molar-refractivity contribution in [1.29, 1.82) is 0 Å². The molecule has 0 spiro atoms. The van der Waals surface area contributed by atoms with E-state index in [0.717, 1.165) is 24.2 Å². The molecule has 0 fully saturated rings. The van der Waals surface area contributed by atoms with Crippen LogP contribution >= 0.6 is 0 Å². The van der Waals surface area contributed by atoms with E-state index in [4.69, 9.17) is 0 Å². The number of nitrogens with one attached hydrogen (secondary N) is 1. The predicted molar refractivity (Wildman–Crippen MR) is 87.2 cm³/mol. The monoisotopic (exact) mass is 321 g/mol. The Morgan fingerprint density at radius 2 is 1.83 bits per heavy atom. The van der Waals surface area contributed by atoms with Crippen molar-refractivity contribution < 1.29 is 13.2 Å². The molecule has 0 bridgehead atoms. The van der Waals surface area contributed by atoms with Crippen LogP contribution in [0.25, 0.3) is 0 Å². The van der Waals surface area contributed by atoms with E-state index in [1.807, 2.05) is 18.9 Å². The number of hydrogen-bond acceptors (Lipinski definition) is 2. The van der Waals surface area contributed by atoms with Gasteiger partial charge in [-0.05, 0) is 37.6 Å². The third-order valence-corrected chi connectivity index (χ3v) is 3.38. The Morgan fingerprint density at radius 3 is 2.48 bits per heavy atom. The number of rotatable bonds is 5. The molecule has 23 heavy (non-hydrogen) atoms. The normalized spacial score (nSPS) is 11.0. The number of hydrogen-bond donors (Lipinski definition) is 1. The molecule has 0 aromatic heterocycles. The van der Waals surface area contributed by atoms with E-state index in [1.165, 1.54) is 12.1 Å². The second-order valence-electron chi connectivity index (χ2n) is 5.19. The molecule has 0 heterocycles. The van der Waals surface area contributed by atoms with Crippen molar-refractivity contribution in [1.82, 2.24) is 4.90 Å². The molecule has 0 saturated carbocycles. The molecule has 0 aliphatic rings. The van der Waals surface area contributed by atoms with Crippen molar-refractivity contribution in [2.75, 3.05) is 18.9 Å².